The Labute approximate surface area is 84.1 Å². The summed E-state index contributed by atoms with van der Waals surface area (Å²) in [5, 5.41) is 0. The van der Waals surface area contributed by atoms with E-state index in [1.165, 1.54) is 0 Å². The molecule has 0 saturated carbocycles. The normalized spacial score (nSPS) is 10.5. The van der Waals surface area contributed by atoms with Crippen molar-refractivity contribution in [2.45, 2.75) is 0 Å². The first-order valence-corrected chi connectivity index (χ1v) is 4.40. The largest absolute Gasteiger partial charge is 0.497 e. The lowest BCUT2D eigenvalue weighted by Crippen LogP contribution is -1.93. The van der Waals surface area contributed by atoms with Crippen molar-refractivity contribution in [1.82, 2.24) is 0 Å². The Hall–Kier alpha value is -1.48. The van der Waals surface area contributed by atoms with Crippen LogP contribution in [0.25, 0.3) is 6.08 Å². The van der Waals surface area contributed by atoms with Crippen LogP contribution >= 0.6 is 0 Å². The van der Waals surface area contributed by atoms with Gasteiger partial charge in [0.2, 0.25) is 0 Å². The van der Waals surface area contributed by atoms with Gasteiger partial charge >= 0.3 is 0 Å². The second-order valence-corrected chi connectivity index (χ2v) is 2.75. The van der Waals surface area contributed by atoms with E-state index in [0.29, 0.717) is 6.54 Å². The summed E-state index contributed by atoms with van der Waals surface area (Å²) in [6, 6.07) is 5.64. The molecule has 1 aromatic rings. The number of nitrogens with two attached hydrogens (primary N) is 1. The molecule has 3 nitrogen and oxygen atoms in total. The Morgan fingerprint density at radius 1 is 1.29 bits per heavy atom. The van der Waals surface area contributed by atoms with Gasteiger partial charge in [0.1, 0.15) is 11.5 Å². The summed E-state index contributed by atoms with van der Waals surface area (Å²) in [6.07, 6.45) is 3.79. The molecule has 1 aromatic carbocycles. The van der Waals surface area contributed by atoms with Gasteiger partial charge in [-0.25, -0.2) is 0 Å². The predicted octanol–water partition coefficient (Wildman–Crippen LogP) is 1.68. The van der Waals surface area contributed by atoms with Crippen molar-refractivity contribution in [3.8, 4) is 11.5 Å². The number of hydrogen-bond donors (Lipinski definition) is 1. The molecule has 0 spiro atoms. The maximum absolute atomic E-state index is 5.38. The molecule has 0 aliphatic rings. The van der Waals surface area contributed by atoms with E-state index in [-0.39, 0.29) is 0 Å². The Balaban J connectivity index is 3.02. The van der Waals surface area contributed by atoms with E-state index in [0.717, 1.165) is 17.1 Å². The van der Waals surface area contributed by atoms with Crippen LogP contribution in [-0.2, 0) is 0 Å². The summed E-state index contributed by atoms with van der Waals surface area (Å²) in [7, 11) is 3.28. The monoisotopic (exact) mass is 193 g/mol. The fraction of sp³-hybridized carbons (Fsp3) is 0.273. The molecule has 0 aliphatic carbocycles. The van der Waals surface area contributed by atoms with Crippen LogP contribution in [0.1, 0.15) is 5.56 Å². The van der Waals surface area contributed by atoms with Crippen LogP contribution in [0, 0.1) is 0 Å². The van der Waals surface area contributed by atoms with E-state index in [4.69, 9.17) is 15.2 Å². The van der Waals surface area contributed by atoms with Crippen molar-refractivity contribution >= 4 is 6.08 Å². The molecule has 2 N–H and O–H groups in total. The first kappa shape index (κ1) is 10.6. The summed E-state index contributed by atoms with van der Waals surface area (Å²) in [4.78, 5) is 0. The average Bonchev–Trinajstić information content (AvgIpc) is 2.25. The van der Waals surface area contributed by atoms with Gasteiger partial charge in [-0.1, -0.05) is 12.2 Å². The molecule has 0 heterocycles. The van der Waals surface area contributed by atoms with Gasteiger partial charge in [-0.05, 0) is 18.2 Å². The Bertz CT molecular complexity index is 321. The SMILES string of the molecule is COc1ccc(OC)c(/C=C/CN)c1. The summed E-state index contributed by atoms with van der Waals surface area (Å²) in [5.74, 6) is 1.62. The van der Waals surface area contributed by atoms with Crippen LogP contribution in [-0.4, -0.2) is 20.8 Å². The van der Waals surface area contributed by atoms with Gasteiger partial charge in [0.25, 0.3) is 0 Å². The highest BCUT2D eigenvalue weighted by atomic mass is 16.5. The molecule has 0 atom stereocenters. The van der Waals surface area contributed by atoms with E-state index >= 15 is 0 Å². The van der Waals surface area contributed by atoms with Crippen LogP contribution in [0.4, 0.5) is 0 Å². The molecule has 1 rings (SSSR count). The van der Waals surface area contributed by atoms with Crippen LogP contribution < -0.4 is 15.2 Å². The summed E-state index contributed by atoms with van der Waals surface area (Å²) in [5.41, 5.74) is 6.35. The molecular formula is C11H15NO2. The van der Waals surface area contributed by atoms with Crippen LogP contribution in [0.2, 0.25) is 0 Å². The van der Waals surface area contributed by atoms with Gasteiger partial charge < -0.3 is 15.2 Å². The zero-order valence-corrected chi connectivity index (χ0v) is 8.49. The molecule has 0 fully saturated rings. The topological polar surface area (TPSA) is 44.5 Å². The smallest absolute Gasteiger partial charge is 0.126 e. The quantitative estimate of drug-likeness (QED) is 0.791. The lowest BCUT2D eigenvalue weighted by molar-refractivity contribution is 0.402. The van der Waals surface area contributed by atoms with Gasteiger partial charge in [-0.3, -0.25) is 0 Å². The van der Waals surface area contributed by atoms with Gasteiger partial charge in [-0.2, -0.15) is 0 Å². The Morgan fingerprint density at radius 3 is 2.64 bits per heavy atom. The van der Waals surface area contributed by atoms with E-state index in [1.807, 2.05) is 30.4 Å². The number of benzene rings is 1. The Morgan fingerprint density at radius 2 is 2.07 bits per heavy atom. The van der Waals surface area contributed by atoms with E-state index in [1.54, 1.807) is 14.2 Å². The third-order valence-corrected chi connectivity index (χ3v) is 1.87. The predicted molar refractivity (Wildman–Crippen MR) is 57.6 cm³/mol. The molecule has 3 heteroatoms. The molecule has 76 valence electrons. The highest BCUT2D eigenvalue weighted by molar-refractivity contribution is 5.59. The van der Waals surface area contributed by atoms with Crippen LogP contribution in [0.3, 0.4) is 0 Å². The molecule has 14 heavy (non-hydrogen) atoms. The minimum atomic E-state index is 0.514. The number of hydrogen-bond acceptors (Lipinski definition) is 3. The second kappa shape index (κ2) is 5.29. The van der Waals surface area contributed by atoms with Crippen molar-refractivity contribution in [2.75, 3.05) is 20.8 Å². The lowest BCUT2D eigenvalue weighted by Gasteiger charge is -2.06. The molecule has 0 aromatic heterocycles. The molecule has 0 bridgehead atoms. The van der Waals surface area contributed by atoms with Crippen molar-refractivity contribution in [3.05, 3.63) is 29.8 Å². The second-order valence-electron chi connectivity index (χ2n) is 2.75. The maximum atomic E-state index is 5.38. The third kappa shape index (κ3) is 2.50. The number of ether oxygens (including phenoxy) is 2. The zero-order valence-electron chi connectivity index (χ0n) is 8.49. The summed E-state index contributed by atoms with van der Waals surface area (Å²) >= 11 is 0. The van der Waals surface area contributed by atoms with E-state index in [9.17, 15) is 0 Å². The molecule has 0 amide bonds. The van der Waals surface area contributed by atoms with Gasteiger partial charge in [0, 0.05) is 12.1 Å². The summed E-state index contributed by atoms with van der Waals surface area (Å²) < 4.78 is 10.3. The zero-order chi connectivity index (χ0) is 10.4. The summed E-state index contributed by atoms with van der Waals surface area (Å²) in [6.45, 7) is 0.514. The number of rotatable bonds is 4. The maximum Gasteiger partial charge on any atom is 0.126 e. The molecule has 0 aliphatic heterocycles. The minimum Gasteiger partial charge on any atom is -0.497 e. The first-order chi connectivity index (χ1) is 6.81. The van der Waals surface area contributed by atoms with E-state index < -0.39 is 0 Å². The first-order valence-electron chi connectivity index (χ1n) is 4.40. The highest BCUT2D eigenvalue weighted by Crippen LogP contribution is 2.24. The molecule has 0 saturated heterocycles. The van der Waals surface area contributed by atoms with Crippen LogP contribution in [0.15, 0.2) is 24.3 Å². The fourth-order valence-corrected chi connectivity index (χ4v) is 1.16. The minimum absolute atomic E-state index is 0.514. The fourth-order valence-electron chi connectivity index (χ4n) is 1.16. The molecule has 0 radical (unpaired) electrons. The standard InChI is InChI=1S/C11H15NO2/c1-13-10-5-6-11(14-2)9(8-10)4-3-7-12/h3-6,8H,7,12H2,1-2H3/b4-3+. The average molecular weight is 193 g/mol. The van der Waals surface area contributed by atoms with Crippen LogP contribution in [0.5, 0.6) is 11.5 Å². The van der Waals surface area contributed by atoms with Crippen molar-refractivity contribution < 1.29 is 9.47 Å². The highest BCUT2D eigenvalue weighted by Gasteiger charge is 2.00. The van der Waals surface area contributed by atoms with Gasteiger partial charge in [-0.15, -0.1) is 0 Å². The lowest BCUT2D eigenvalue weighted by atomic mass is 10.1. The molecule has 0 unspecified atom stereocenters. The Kier molecular flexibility index (Phi) is 4.01. The van der Waals surface area contributed by atoms with Crippen molar-refractivity contribution in [1.29, 1.82) is 0 Å². The molecular weight excluding hydrogens is 178 g/mol. The van der Waals surface area contributed by atoms with Crippen molar-refractivity contribution in [3.63, 3.8) is 0 Å². The van der Waals surface area contributed by atoms with E-state index in [2.05, 4.69) is 0 Å². The van der Waals surface area contributed by atoms with Gasteiger partial charge in [0.15, 0.2) is 0 Å². The van der Waals surface area contributed by atoms with Crippen molar-refractivity contribution in [2.24, 2.45) is 5.73 Å². The number of methoxy groups -OCH3 is 2. The third-order valence-electron chi connectivity index (χ3n) is 1.87. The van der Waals surface area contributed by atoms with Gasteiger partial charge in [0.05, 0.1) is 14.2 Å².